The van der Waals surface area contributed by atoms with Gasteiger partial charge in [-0.05, 0) is 24.8 Å². The second-order valence-corrected chi connectivity index (χ2v) is 6.05. The summed E-state index contributed by atoms with van der Waals surface area (Å²) in [6.07, 6.45) is 3.33. The zero-order chi connectivity index (χ0) is 14.4. The van der Waals surface area contributed by atoms with Gasteiger partial charge in [-0.2, -0.15) is 0 Å². The lowest BCUT2D eigenvalue weighted by Crippen LogP contribution is -2.58. The van der Waals surface area contributed by atoms with E-state index in [-0.39, 0.29) is 36.6 Å². The van der Waals surface area contributed by atoms with Crippen LogP contribution >= 0.6 is 0 Å². The number of rotatable bonds is 2. The summed E-state index contributed by atoms with van der Waals surface area (Å²) >= 11 is 0. The molecule has 2 bridgehead atoms. The minimum Gasteiger partial charge on any atom is -0.373 e. The van der Waals surface area contributed by atoms with Crippen LogP contribution in [0.25, 0.3) is 0 Å². The van der Waals surface area contributed by atoms with Crippen LogP contribution in [0.2, 0.25) is 0 Å². The van der Waals surface area contributed by atoms with Crippen molar-refractivity contribution in [3.63, 3.8) is 0 Å². The average Bonchev–Trinajstić information content (AvgIpc) is 3.13. The molecule has 1 aromatic rings. The quantitative estimate of drug-likeness (QED) is 0.882. The molecule has 4 unspecified atom stereocenters. The number of ether oxygens (including phenoxy) is 1. The predicted molar refractivity (Wildman–Crippen MR) is 75.3 cm³/mol. The van der Waals surface area contributed by atoms with Gasteiger partial charge in [0.25, 0.3) is 5.91 Å². The zero-order valence-electron chi connectivity index (χ0n) is 11.7. The first kappa shape index (κ1) is 12.8. The van der Waals surface area contributed by atoms with E-state index in [0.717, 1.165) is 24.8 Å². The second-order valence-electron chi connectivity index (χ2n) is 6.05. The van der Waals surface area contributed by atoms with Gasteiger partial charge in [0.05, 0.1) is 18.2 Å². The minimum atomic E-state index is -0.563. The van der Waals surface area contributed by atoms with E-state index in [0.29, 0.717) is 0 Å². The van der Waals surface area contributed by atoms with Crippen molar-refractivity contribution in [2.75, 3.05) is 6.54 Å². The highest BCUT2D eigenvalue weighted by Crippen LogP contribution is 2.38. The van der Waals surface area contributed by atoms with Gasteiger partial charge in [-0.15, -0.1) is 0 Å². The van der Waals surface area contributed by atoms with Gasteiger partial charge in [0.2, 0.25) is 5.91 Å². The van der Waals surface area contributed by atoms with Gasteiger partial charge >= 0.3 is 0 Å². The molecule has 3 aliphatic heterocycles. The summed E-state index contributed by atoms with van der Waals surface area (Å²) in [5.41, 5.74) is 0.838. The molecule has 0 aliphatic carbocycles. The van der Waals surface area contributed by atoms with Crippen molar-refractivity contribution in [3.05, 3.63) is 35.9 Å². The molecule has 0 spiro atoms. The third-order valence-corrected chi connectivity index (χ3v) is 4.76. The van der Waals surface area contributed by atoms with Gasteiger partial charge in [0.15, 0.2) is 0 Å². The van der Waals surface area contributed by atoms with Crippen LogP contribution in [-0.2, 0) is 14.3 Å². The Morgan fingerprint density at radius 2 is 1.95 bits per heavy atom. The summed E-state index contributed by atoms with van der Waals surface area (Å²) in [4.78, 5) is 26.5. The first-order chi connectivity index (χ1) is 10.2. The monoisotopic (exact) mass is 286 g/mol. The fourth-order valence-electron chi connectivity index (χ4n) is 3.76. The predicted octanol–water partition coefficient (Wildman–Crippen LogP) is 1.01. The Labute approximate surface area is 123 Å². The van der Waals surface area contributed by atoms with Gasteiger partial charge in [0, 0.05) is 0 Å². The maximum absolute atomic E-state index is 12.8. The van der Waals surface area contributed by atoms with Gasteiger partial charge < -0.3 is 15.0 Å². The van der Waals surface area contributed by atoms with E-state index in [1.165, 1.54) is 0 Å². The standard InChI is InChI=1S/C16H18N2O3/c19-14-9-18(12-8-11-6-7-13(12)21-11)16(20)15(17-14)10-4-2-1-3-5-10/h1-5,11-13,15H,6-9H2,(H,17,19). The van der Waals surface area contributed by atoms with Crippen molar-refractivity contribution >= 4 is 11.8 Å². The number of nitrogens with one attached hydrogen (secondary N) is 1. The maximum Gasteiger partial charge on any atom is 0.250 e. The summed E-state index contributed by atoms with van der Waals surface area (Å²) in [6.45, 7) is 0.152. The molecule has 3 aliphatic rings. The SMILES string of the molecule is O=C1CN(C2CC3CCC2O3)C(=O)C(c2ccccc2)N1. The molecule has 21 heavy (non-hydrogen) atoms. The number of hydrogen-bond acceptors (Lipinski definition) is 3. The van der Waals surface area contributed by atoms with Gasteiger partial charge in [-0.3, -0.25) is 9.59 Å². The topological polar surface area (TPSA) is 58.6 Å². The molecule has 3 fully saturated rings. The Morgan fingerprint density at radius 3 is 2.62 bits per heavy atom. The van der Waals surface area contributed by atoms with Gasteiger partial charge in [-0.25, -0.2) is 0 Å². The van der Waals surface area contributed by atoms with Crippen LogP contribution in [0.4, 0.5) is 0 Å². The number of fused-ring (bicyclic) bond motifs is 2. The lowest BCUT2D eigenvalue weighted by atomic mass is 9.92. The van der Waals surface area contributed by atoms with E-state index in [4.69, 9.17) is 4.74 Å². The highest BCUT2D eigenvalue weighted by Gasteiger charge is 2.48. The molecule has 3 heterocycles. The summed E-state index contributed by atoms with van der Waals surface area (Å²) < 4.78 is 5.84. The van der Waals surface area contributed by atoms with Gasteiger partial charge in [-0.1, -0.05) is 30.3 Å². The highest BCUT2D eigenvalue weighted by molar-refractivity contribution is 5.95. The lowest BCUT2D eigenvalue weighted by Gasteiger charge is -2.38. The van der Waals surface area contributed by atoms with E-state index >= 15 is 0 Å². The summed E-state index contributed by atoms with van der Waals surface area (Å²) in [5, 5.41) is 2.81. The largest absolute Gasteiger partial charge is 0.373 e. The van der Waals surface area contributed by atoms with E-state index < -0.39 is 6.04 Å². The first-order valence-electron chi connectivity index (χ1n) is 7.52. The van der Waals surface area contributed by atoms with Crippen LogP contribution < -0.4 is 5.32 Å². The normalized spacial score (nSPS) is 35.1. The number of carbonyl (C=O) groups is 2. The molecule has 1 aromatic carbocycles. The third-order valence-electron chi connectivity index (χ3n) is 4.76. The fourth-order valence-corrected chi connectivity index (χ4v) is 3.76. The van der Waals surface area contributed by atoms with Crippen LogP contribution in [-0.4, -0.2) is 41.5 Å². The molecule has 0 aromatic heterocycles. The van der Waals surface area contributed by atoms with Crippen molar-refractivity contribution < 1.29 is 14.3 Å². The summed E-state index contributed by atoms with van der Waals surface area (Å²) in [6, 6.07) is 8.93. The lowest BCUT2D eigenvalue weighted by molar-refractivity contribution is -0.148. The van der Waals surface area contributed by atoms with Crippen LogP contribution in [0.1, 0.15) is 30.9 Å². The molecule has 110 valence electrons. The molecule has 5 nitrogen and oxygen atoms in total. The number of hydrogen-bond donors (Lipinski definition) is 1. The Kier molecular flexibility index (Phi) is 2.96. The minimum absolute atomic E-state index is 0.0121. The maximum atomic E-state index is 12.8. The van der Waals surface area contributed by atoms with E-state index in [1.54, 1.807) is 4.90 Å². The molecular weight excluding hydrogens is 268 g/mol. The second kappa shape index (κ2) is 4.84. The van der Waals surface area contributed by atoms with Crippen LogP contribution in [0, 0.1) is 0 Å². The van der Waals surface area contributed by atoms with Crippen molar-refractivity contribution in [1.29, 1.82) is 0 Å². The average molecular weight is 286 g/mol. The van der Waals surface area contributed by atoms with E-state index in [1.807, 2.05) is 30.3 Å². The zero-order valence-corrected chi connectivity index (χ0v) is 11.7. The molecule has 5 heteroatoms. The van der Waals surface area contributed by atoms with Crippen molar-refractivity contribution in [3.8, 4) is 0 Å². The molecule has 3 saturated heterocycles. The van der Waals surface area contributed by atoms with Crippen molar-refractivity contribution in [1.82, 2.24) is 10.2 Å². The molecule has 0 radical (unpaired) electrons. The number of nitrogens with zero attached hydrogens (tertiary/aromatic N) is 1. The number of carbonyl (C=O) groups excluding carboxylic acids is 2. The molecule has 4 atom stereocenters. The molecule has 2 amide bonds. The fraction of sp³-hybridized carbons (Fsp3) is 0.500. The summed E-state index contributed by atoms with van der Waals surface area (Å²) in [5.74, 6) is -0.104. The van der Waals surface area contributed by atoms with E-state index in [2.05, 4.69) is 5.32 Å². The van der Waals surface area contributed by atoms with Crippen LogP contribution in [0.3, 0.4) is 0 Å². The Hall–Kier alpha value is -1.88. The Morgan fingerprint density at radius 1 is 1.14 bits per heavy atom. The smallest absolute Gasteiger partial charge is 0.250 e. The highest BCUT2D eigenvalue weighted by atomic mass is 16.5. The number of amides is 2. The molecule has 0 saturated carbocycles. The van der Waals surface area contributed by atoms with Crippen molar-refractivity contribution in [2.45, 2.75) is 43.6 Å². The van der Waals surface area contributed by atoms with Crippen molar-refractivity contribution in [2.24, 2.45) is 0 Å². The summed E-state index contributed by atoms with van der Waals surface area (Å²) in [7, 11) is 0. The van der Waals surface area contributed by atoms with Gasteiger partial charge in [0.1, 0.15) is 12.6 Å². The number of benzene rings is 1. The third kappa shape index (κ3) is 2.12. The molecular formula is C16H18N2O3. The van der Waals surface area contributed by atoms with Crippen LogP contribution in [0.5, 0.6) is 0 Å². The molecule has 1 N–H and O–H groups in total. The first-order valence-corrected chi connectivity index (χ1v) is 7.52. The Bertz CT molecular complexity index is 574. The van der Waals surface area contributed by atoms with Crippen LogP contribution in [0.15, 0.2) is 30.3 Å². The number of piperazine rings is 1. The Balaban J connectivity index is 1.60. The molecule has 4 rings (SSSR count). The van der Waals surface area contributed by atoms with E-state index in [9.17, 15) is 9.59 Å².